The Morgan fingerprint density at radius 3 is 1.40 bits per heavy atom. The number of hydrogen-bond donors (Lipinski definition) is 0. The normalized spacial score (nSPS) is 11.8. The van der Waals surface area contributed by atoms with E-state index in [1.807, 2.05) is 26.0 Å². The van der Waals surface area contributed by atoms with Gasteiger partial charge in [-0.25, -0.2) is 0 Å². The number of thiophene rings is 4. The molecule has 0 saturated carbocycles. The van der Waals surface area contributed by atoms with Gasteiger partial charge < -0.3 is 14.4 Å². The van der Waals surface area contributed by atoms with E-state index in [1.165, 1.54) is 71.8 Å². The molecular weight excluding hydrogens is 875 g/mol. The van der Waals surface area contributed by atoms with E-state index in [4.69, 9.17) is 9.47 Å². The van der Waals surface area contributed by atoms with Gasteiger partial charge in [-0.2, -0.15) is 10.5 Å². The lowest BCUT2D eigenvalue weighted by atomic mass is 10.0. The molecule has 0 N–H and O–H groups in total. The largest absolute Gasteiger partial charge is 0.493 e. The van der Waals surface area contributed by atoms with E-state index >= 15 is 0 Å². The number of unbranched alkanes of at least 4 members (excludes halogenated alkanes) is 6. The molecule has 0 aliphatic carbocycles. The first-order chi connectivity index (χ1) is 31.8. The van der Waals surface area contributed by atoms with Crippen molar-refractivity contribution >= 4 is 93.4 Å². The zero-order chi connectivity index (χ0) is 45.1. The molecule has 0 bridgehead atoms. The molecule has 4 aromatic carbocycles. The van der Waals surface area contributed by atoms with Crippen LogP contribution in [0, 0.1) is 22.7 Å². The fourth-order valence-corrected chi connectivity index (χ4v) is 12.6. The number of ether oxygens (including phenoxy) is 2. The SMILES string of the molecule is CCCCCCOc1ccc(-c2ccc(N(c3ccc(-c4cc5sc(/C=C(/C)C#N)cc5s4)cc3)c3ccc(-c4cc5sc(/C=C(/C)C#N)cc5s4)cc3)cc2)c(OCCCCCC)c1. The molecule has 0 atom stereocenters. The van der Waals surface area contributed by atoms with E-state index in [0.717, 1.165) is 68.7 Å². The lowest BCUT2D eigenvalue weighted by Gasteiger charge is -2.26. The first-order valence-corrected chi connectivity index (χ1v) is 25.8. The molecule has 4 aromatic heterocycles. The second-order valence-electron chi connectivity index (χ2n) is 16.3. The first-order valence-electron chi connectivity index (χ1n) is 22.6. The summed E-state index contributed by atoms with van der Waals surface area (Å²) in [5, 5.41) is 18.5. The molecule has 0 aliphatic rings. The van der Waals surface area contributed by atoms with Crippen LogP contribution in [0.3, 0.4) is 0 Å². The van der Waals surface area contributed by atoms with E-state index in [-0.39, 0.29) is 0 Å². The van der Waals surface area contributed by atoms with Gasteiger partial charge in [-0.15, -0.1) is 45.3 Å². The van der Waals surface area contributed by atoms with Crippen LogP contribution in [-0.2, 0) is 0 Å². The Hall–Kier alpha value is -5.94. The molecule has 0 fully saturated rings. The quantitative estimate of drug-likeness (QED) is 0.0563. The lowest BCUT2D eigenvalue weighted by Crippen LogP contribution is -2.09. The van der Waals surface area contributed by atoms with Crippen LogP contribution >= 0.6 is 45.3 Å². The summed E-state index contributed by atoms with van der Waals surface area (Å²) in [5.41, 5.74) is 9.11. The molecule has 0 amide bonds. The summed E-state index contributed by atoms with van der Waals surface area (Å²) in [6.07, 6.45) is 13.2. The topological polar surface area (TPSA) is 69.3 Å². The Bertz CT molecular complexity index is 2790. The number of nitriles is 2. The monoisotopic (exact) mass is 927 g/mol. The van der Waals surface area contributed by atoms with E-state index in [0.29, 0.717) is 24.4 Å². The Kier molecular flexibility index (Phi) is 15.3. The van der Waals surface area contributed by atoms with E-state index in [1.54, 1.807) is 45.3 Å². The number of nitrogens with zero attached hydrogens (tertiary/aromatic N) is 3. The predicted octanol–water partition coefficient (Wildman–Crippen LogP) is 18.5. The summed E-state index contributed by atoms with van der Waals surface area (Å²) in [6, 6.07) is 46.2. The Balaban J connectivity index is 1.09. The van der Waals surface area contributed by atoms with Crippen LogP contribution in [0.25, 0.3) is 63.0 Å². The van der Waals surface area contributed by atoms with Crippen molar-refractivity contribution in [2.24, 2.45) is 0 Å². The Morgan fingerprint density at radius 2 is 0.954 bits per heavy atom. The van der Waals surface area contributed by atoms with Gasteiger partial charge in [0.05, 0.1) is 25.4 Å². The minimum Gasteiger partial charge on any atom is -0.493 e. The molecule has 8 rings (SSSR count). The molecule has 65 heavy (non-hydrogen) atoms. The minimum atomic E-state index is 0.679. The molecule has 4 heterocycles. The average molecular weight is 928 g/mol. The van der Waals surface area contributed by atoms with Crippen LogP contribution in [0.1, 0.15) is 88.8 Å². The number of rotatable bonds is 20. The molecule has 0 saturated heterocycles. The van der Waals surface area contributed by atoms with Gasteiger partial charge in [0, 0.05) is 78.1 Å². The van der Waals surface area contributed by atoms with Gasteiger partial charge in [0.1, 0.15) is 11.5 Å². The van der Waals surface area contributed by atoms with Crippen molar-refractivity contribution in [2.75, 3.05) is 18.1 Å². The molecule has 0 aliphatic heterocycles. The second-order valence-corrected chi connectivity index (χ2v) is 20.7. The molecule has 9 heteroatoms. The third kappa shape index (κ3) is 11.3. The maximum atomic E-state index is 9.26. The standard InChI is InChI=1S/C56H53N3O2S4/c1-5-7-9-11-27-60-46-25-26-49(50(31-46)61-28-12-10-8-6-2)40-13-19-43(20-14-40)59(44-21-15-41(16-22-44)51-34-55-53(64-51)32-47(62-55)29-38(3)36-57)45-23-17-42(18-24-45)52-35-56-54(65-52)33-48(63-56)30-39(4)37-58/h13-26,29-35H,5-12,27-28H2,1-4H3/b38-29-,39-30-. The third-order valence-corrected chi connectivity index (χ3v) is 15.8. The summed E-state index contributed by atoms with van der Waals surface area (Å²) in [4.78, 5) is 6.99. The maximum absolute atomic E-state index is 9.26. The van der Waals surface area contributed by atoms with Gasteiger partial charge in [-0.1, -0.05) is 88.8 Å². The first kappa shape index (κ1) is 45.6. The van der Waals surface area contributed by atoms with Crippen LogP contribution in [0.5, 0.6) is 11.5 Å². The summed E-state index contributed by atoms with van der Waals surface area (Å²) in [7, 11) is 0. The van der Waals surface area contributed by atoms with Crippen LogP contribution in [-0.4, -0.2) is 13.2 Å². The van der Waals surface area contributed by atoms with Gasteiger partial charge >= 0.3 is 0 Å². The van der Waals surface area contributed by atoms with Crippen LogP contribution in [0.4, 0.5) is 17.1 Å². The highest BCUT2D eigenvalue weighted by atomic mass is 32.1. The average Bonchev–Trinajstić information content (AvgIpc) is 4.11. The summed E-state index contributed by atoms with van der Waals surface area (Å²) in [5.74, 6) is 1.72. The minimum absolute atomic E-state index is 0.679. The maximum Gasteiger partial charge on any atom is 0.130 e. The van der Waals surface area contributed by atoms with Gasteiger partial charge in [-0.3, -0.25) is 0 Å². The van der Waals surface area contributed by atoms with Crippen molar-refractivity contribution in [1.29, 1.82) is 10.5 Å². The van der Waals surface area contributed by atoms with Crippen LogP contribution in [0.2, 0.25) is 0 Å². The number of anilines is 3. The highest BCUT2D eigenvalue weighted by molar-refractivity contribution is 7.30. The third-order valence-electron chi connectivity index (χ3n) is 11.3. The van der Waals surface area contributed by atoms with Gasteiger partial charge in [0.25, 0.3) is 0 Å². The molecule has 0 unspecified atom stereocenters. The number of fused-ring (bicyclic) bond motifs is 2. The Labute approximate surface area is 399 Å². The zero-order valence-corrected chi connectivity index (χ0v) is 40.8. The van der Waals surface area contributed by atoms with Crippen LogP contribution in [0.15, 0.2) is 126 Å². The number of hydrogen-bond acceptors (Lipinski definition) is 9. The number of benzene rings is 4. The Morgan fingerprint density at radius 1 is 0.508 bits per heavy atom. The smallest absolute Gasteiger partial charge is 0.130 e. The summed E-state index contributed by atoms with van der Waals surface area (Å²) in [6.45, 7) is 9.55. The predicted molar refractivity (Wildman–Crippen MR) is 282 cm³/mol. The van der Waals surface area contributed by atoms with Gasteiger partial charge in [0.15, 0.2) is 0 Å². The molecule has 328 valence electrons. The summed E-state index contributed by atoms with van der Waals surface area (Å²) >= 11 is 7.02. The molecule has 0 spiro atoms. The van der Waals surface area contributed by atoms with E-state index in [9.17, 15) is 10.5 Å². The summed E-state index contributed by atoms with van der Waals surface area (Å²) < 4.78 is 17.6. The number of allylic oxidation sites excluding steroid dienone is 2. The molecule has 0 radical (unpaired) electrons. The zero-order valence-electron chi connectivity index (χ0n) is 37.5. The van der Waals surface area contributed by atoms with Crippen molar-refractivity contribution in [3.63, 3.8) is 0 Å². The van der Waals surface area contributed by atoms with Crippen molar-refractivity contribution in [1.82, 2.24) is 0 Å². The highest BCUT2D eigenvalue weighted by Gasteiger charge is 2.17. The van der Waals surface area contributed by atoms with Crippen LogP contribution < -0.4 is 14.4 Å². The molecular formula is C56H53N3O2S4. The van der Waals surface area contributed by atoms with Crippen molar-refractivity contribution in [3.8, 4) is 55.6 Å². The van der Waals surface area contributed by atoms with Gasteiger partial charge in [-0.05, 0) is 128 Å². The lowest BCUT2D eigenvalue weighted by molar-refractivity contribution is 0.291. The van der Waals surface area contributed by atoms with E-state index in [2.05, 4.69) is 146 Å². The molecule has 8 aromatic rings. The highest BCUT2D eigenvalue weighted by Crippen LogP contribution is 2.44. The second kappa shape index (κ2) is 21.8. The fourth-order valence-electron chi connectivity index (χ4n) is 7.79. The fraction of sp³-hybridized carbons (Fsp3) is 0.250. The van der Waals surface area contributed by atoms with Crippen molar-refractivity contribution in [2.45, 2.75) is 79.1 Å². The van der Waals surface area contributed by atoms with Crippen molar-refractivity contribution < 1.29 is 9.47 Å². The molecule has 5 nitrogen and oxygen atoms in total. The van der Waals surface area contributed by atoms with Gasteiger partial charge in [0.2, 0.25) is 0 Å². The van der Waals surface area contributed by atoms with E-state index < -0.39 is 0 Å². The van der Waals surface area contributed by atoms with Crippen molar-refractivity contribution in [3.05, 3.63) is 136 Å².